The van der Waals surface area contributed by atoms with Gasteiger partial charge in [0.25, 0.3) is 0 Å². The number of aryl methyl sites for hydroxylation is 1. The lowest BCUT2D eigenvalue weighted by atomic mass is 9.96. The zero-order valence-corrected chi connectivity index (χ0v) is 13.3. The Morgan fingerprint density at radius 1 is 1.13 bits per heavy atom. The lowest BCUT2D eigenvalue weighted by molar-refractivity contribution is -0.122. The maximum Gasteiger partial charge on any atom is 0.220 e. The lowest BCUT2D eigenvalue weighted by Crippen LogP contribution is -2.38. The number of hydrogen-bond donors (Lipinski definition) is 2. The van der Waals surface area contributed by atoms with Crippen LogP contribution in [0.2, 0.25) is 0 Å². The Bertz CT molecular complexity index is 624. The highest BCUT2D eigenvalue weighted by Crippen LogP contribution is 2.19. The highest BCUT2D eigenvalue weighted by Gasteiger charge is 2.23. The average Bonchev–Trinajstić information content (AvgIpc) is 2.54. The molecule has 0 saturated heterocycles. The number of amides is 1. The Labute approximate surface area is 136 Å². The molecule has 0 aromatic heterocycles. The third-order valence-corrected chi connectivity index (χ3v) is 3.81. The van der Waals surface area contributed by atoms with Crippen LogP contribution in [0.15, 0.2) is 54.6 Å². The largest absolute Gasteiger partial charge is 0.384 e. The third kappa shape index (κ3) is 5.49. The van der Waals surface area contributed by atoms with Crippen LogP contribution in [0, 0.1) is 5.82 Å². The first-order valence-corrected chi connectivity index (χ1v) is 7.76. The molecule has 2 rings (SSSR count). The zero-order chi connectivity index (χ0) is 16.7. The van der Waals surface area contributed by atoms with Crippen molar-refractivity contribution >= 4 is 5.91 Å². The minimum Gasteiger partial charge on any atom is -0.384 e. The number of benzene rings is 2. The first kappa shape index (κ1) is 17.2. The number of carbonyl (C=O) groups is 1. The minimum atomic E-state index is -1.22. The Morgan fingerprint density at radius 2 is 1.78 bits per heavy atom. The number of halogens is 1. The standard InChI is InChI=1S/C19H22FNO2/c1-19(23,16-10-12-17(20)13-11-16)14-21-18(22)9-5-8-15-6-3-2-4-7-15/h2-4,6-7,10-13,23H,5,8-9,14H2,1H3,(H,21,22). The molecule has 0 radical (unpaired) electrons. The maximum absolute atomic E-state index is 12.9. The van der Waals surface area contributed by atoms with Crippen LogP contribution < -0.4 is 5.32 Å². The van der Waals surface area contributed by atoms with Crippen LogP contribution in [0.5, 0.6) is 0 Å². The van der Waals surface area contributed by atoms with Gasteiger partial charge in [0.15, 0.2) is 0 Å². The minimum absolute atomic E-state index is 0.0942. The van der Waals surface area contributed by atoms with Crippen molar-refractivity contribution in [2.75, 3.05) is 6.54 Å². The summed E-state index contributed by atoms with van der Waals surface area (Å²) in [5.41, 5.74) is 0.560. The summed E-state index contributed by atoms with van der Waals surface area (Å²) in [7, 11) is 0. The van der Waals surface area contributed by atoms with Gasteiger partial charge in [-0.1, -0.05) is 42.5 Å². The summed E-state index contributed by atoms with van der Waals surface area (Å²) in [6.45, 7) is 1.70. The molecule has 0 aliphatic rings. The molecule has 0 aliphatic heterocycles. The Balaban J connectivity index is 1.76. The molecule has 0 spiro atoms. The van der Waals surface area contributed by atoms with Gasteiger partial charge in [-0.05, 0) is 43.0 Å². The van der Waals surface area contributed by atoms with Crippen LogP contribution in [0.4, 0.5) is 4.39 Å². The van der Waals surface area contributed by atoms with E-state index in [1.807, 2.05) is 30.3 Å². The van der Waals surface area contributed by atoms with E-state index in [0.717, 1.165) is 12.8 Å². The van der Waals surface area contributed by atoms with Gasteiger partial charge in [-0.3, -0.25) is 4.79 Å². The van der Waals surface area contributed by atoms with E-state index >= 15 is 0 Å². The molecule has 0 heterocycles. The van der Waals surface area contributed by atoms with Crippen LogP contribution >= 0.6 is 0 Å². The van der Waals surface area contributed by atoms with Crippen molar-refractivity contribution < 1.29 is 14.3 Å². The summed E-state index contributed by atoms with van der Waals surface area (Å²) < 4.78 is 12.9. The van der Waals surface area contributed by atoms with Gasteiger partial charge in [0, 0.05) is 6.42 Å². The molecule has 0 fully saturated rings. The Morgan fingerprint density at radius 3 is 2.43 bits per heavy atom. The molecular weight excluding hydrogens is 293 g/mol. The van der Waals surface area contributed by atoms with Crippen LogP contribution in [0.1, 0.15) is 30.9 Å². The predicted molar refractivity (Wildman–Crippen MR) is 88.4 cm³/mol. The summed E-state index contributed by atoms with van der Waals surface area (Å²) in [5, 5.41) is 13.1. The van der Waals surface area contributed by atoms with E-state index in [0.29, 0.717) is 12.0 Å². The van der Waals surface area contributed by atoms with Crippen LogP contribution in [0.3, 0.4) is 0 Å². The third-order valence-electron chi connectivity index (χ3n) is 3.81. The van der Waals surface area contributed by atoms with Crippen molar-refractivity contribution in [2.24, 2.45) is 0 Å². The second-order valence-corrected chi connectivity index (χ2v) is 5.90. The molecule has 1 amide bonds. The summed E-state index contributed by atoms with van der Waals surface area (Å²) in [4.78, 5) is 11.9. The SMILES string of the molecule is CC(O)(CNC(=O)CCCc1ccccc1)c1ccc(F)cc1. The monoisotopic (exact) mass is 315 g/mol. The van der Waals surface area contributed by atoms with E-state index in [1.54, 1.807) is 6.92 Å². The van der Waals surface area contributed by atoms with Gasteiger partial charge >= 0.3 is 0 Å². The molecule has 122 valence electrons. The van der Waals surface area contributed by atoms with Crippen molar-refractivity contribution in [3.63, 3.8) is 0 Å². The highest BCUT2D eigenvalue weighted by molar-refractivity contribution is 5.75. The highest BCUT2D eigenvalue weighted by atomic mass is 19.1. The lowest BCUT2D eigenvalue weighted by Gasteiger charge is -2.24. The van der Waals surface area contributed by atoms with Gasteiger partial charge in [-0.15, -0.1) is 0 Å². The van der Waals surface area contributed by atoms with E-state index in [9.17, 15) is 14.3 Å². The molecule has 2 N–H and O–H groups in total. The first-order valence-electron chi connectivity index (χ1n) is 7.76. The fourth-order valence-electron chi connectivity index (χ4n) is 2.37. The van der Waals surface area contributed by atoms with E-state index in [4.69, 9.17) is 0 Å². The van der Waals surface area contributed by atoms with Gasteiger partial charge in [-0.2, -0.15) is 0 Å². The molecule has 1 atom stereocenters. The quantitative estimate of drug-likeness (QED) is 0.824. The molecule has 0 saturated carbocycles. The average molecular weight is 315 g/mol. The smallest absolute Gasteiger partial charge is 0.220 e. The van der Waals surface area contributed by atoms with E-state index < -0.39 is 5.60 Å². The number of nitrogens with one attached hydrogen (secondary N) is 1. The Kier molecular flexibility index (Phi) is 5.88. The van der Waals surface area contributed by atoms with Crippen LogP contribution in [-0.2, 0) is 16.8 Å². The summed E-state index contributed by atoms with van der Waals surface area (Å²) in [5.74, 6) is -0.446. The first-order chi connectivity index (χ1) is 11.0. The molecule has 2 aromatic rings. The van der Waals surface area contributed by atoms with Gasteiger partial charge in [0.1, 0.15) is 11.4 Å². The molecule has 1 unspecified atom stereocenters. The number of aliphatic hydroxyl groups is 1. The molecule has 3 nitrogen and oxygen atoms in total. The maximum atomic E-state index is 12.9. The topological polar surface area (TPSA) is 49.3 Å². The normalized spacial score (nSPS) is 13.3. The van der Waals surface area contributed by atoms with Gasteiger partial charge in [-0.25, -0.2) is 4.39 Å². The van der Waals surface area contributed by atoms with Gasteiger partial charge in [0.05, 0.1) is 6.54 Å². The molecule has 0 bridgehead atoms. The number of carbonyl (C=O) groups excluding carboxylic acids is 1. The summed E-state index contributed by atoms with van der Waals surface area (Å²) >= 11 is 0. The van der Waals surface area contributed by atoms with Crippen molar-refractivity contribution in [1.82, 2.24) is 5.32 Å². The van der Waals surface area contributed by atoms with Crippen LogP contribution in [0.25, 0.3) is 0 Å². The fourth-order valence-corrected chi connectivity index (χ4v) is 2.37. The van der Waals surface area contributed by atoms with Gasteiger partial charge < -0.3 is 10.4 Å². The van der Waals surface area contributed by atoms with Crippen LogP contribution in [-0.4, -0.2) is 17.6 Å². The van der Waals surface area contributed by atoms with Crippen molar-refractivity contribution in [2.45, 2.75) is 31.8 Å². The molecule has 23 heavy (non-hydrogen) atoms. The molecule has 4 heteroatoms. The van der Waals surface area contributed by atoms with Crippen molar-refractivity contribution in [3.8, 4) is 0 Å². The fraction of sp³-hybridized carbons (Fsp3) is 0.316. The zero-order valence-electron chi connectivity index (χ0n) is 13.3. The second-order valence-electron chi connectivity index (χ2n) is 5.90. The summed E-state index contributed by atoms with van der Waals surface area (Å²) in [6, 6.07) is 15.7. The summed E-state index contributed by atoms with van der Waals surface area (Å²) in [6.07, 6.45) is 2.02. The van der Waals surface area contributed by atoms with Crippen molar-refractivity contribution in [3.05, 3.63) is 71.5 Å². The number of rotatable bonds is 7. The Hall–Kier alpha value is -2.20. The second kappa shape index (κ2) is 7.88. The van der Waals surface area contributed by atoms with E-state index in [1.165, 1.54) is 29.8 Å². The molecular formula is C19H22FNO2. The van der Waals surface area contributed by atoms with E-state index in [-0.39, 0.29) is 18.3 Å². The van der Waals surface area contributed by atoms with E-state index in [2.05, 4.69) is 5.32 Å². The number of hydrogen-bond acceptors (Lipinski definition) is 2. The van der Waals surface area contributed by atoms with Gasteiger partial charge in [0.2, 0.25) is 5.91 Å². The van der Waals surface area contributed by atoms with Crippen molar-refractivity contribution in [1.29, 1.82) is 0 Å². The molecule has 0 aliphatic carbocycles. The molecule has 2 aromatic carbocycles. The predicted octanol–water partition coefficient (Wildman–Crippen LogP) is 3.17.